The summed E-state index contributed by atoms with van der Waals surface area (Å²) in [6.45, 7) is 0. The van der Waals surface area contributed by atoms with Crippen molar-refractivity contribution in [1.82, 2.24) is 0 Å². The van der Waals surface area contributed by atoms with Crippen LogP contribution in [0.25, 0.3) is 0 Å². The third-order valence-electron chi connectivity index (χ3n) is 6.57. The first-order valence-electron chi connectivity index (χ1n) is 11.6. The van der Waals surface area contributed by atoms with E-state index in [2.05, 4.69) is 51.9 Å². The molecule has 0 spiro atoms. The quantitative estimate of drug-likeness (QED) is 0.201. The molecule has 0 fully saturated rings. The Morgan fingerprint density at radius 1 is 0.676 bits per heavy atom. The monoisotopic (exact) mass is 578 g/mol. The maximum absolute atomic E-state index is 13.1. The molecule has 4 aromatic rings. The molecule has 0 N–H and O–H groups in total. The van der Waals surface area contributed by atoms with Crippen molar-refractivity contribution in [2.45, 2.75) is 6.16 Å². The van der Waals surface area contributed by atoms with E-state index in [0.717, 1.165) is 15.9 Å². The zero-order valence-electron chi connectivity index (χ0n) is 20.9. The summed E-state index contributed by atoms with van der Waals surface area (Å²) in [4.78, 5) is 25.8. The SMILES string of the molecule is COC(=O)c1cc(CP(Br)(c2ccccc2)(c2ccccc2)c2ccccc2)c(C(=O)OC)c(OC)c1. The van der Waals surface area contributed by atoms with Crippen molar-refractivity contribution in [3.63, 3.8) is 0 Å². The Balaban J connectivity index is 2.16. The van der Waals surface area contributed by atoms with Crippen LogP contribution >= 0.6 is 20.8 Å². The van der Waals surface area contributed by atoms with E-state index in [-0.39, 0.29) is 16.9 Å². The van der Waals surface area contributed by atoms with Gasteiger partial charge in [-0.3, -0.25) is 0 Å². The van der Waals surface area contributed by atoms with Gasteiger partial charge in [0.2, 0.25) is 0 Å². The van der Waals surface area contributed by atoms with Crippen LogP contribution in [0.4, 0.5) is 0 Å². The molecule has 7 heteroatoms. The van der Waals surface area contributed by atoms with Gasteiger partial charge in [-0.2, -0.15) is 0 Å². The first kappa shape index (κ1) is 26.6. The van der Waals surface area contributed by atoms with Crippen LogP contribution in [0.5, 0.6) is 5.75 Å². The van der Waals surface area contributed by atoms with Crippen molar-refractivity contribution < 1.29 is 23.8 Å². The van der Waals surface area contributed by atoms with Crippen LogP contribution in [0, 0.1) is 0 Å². The van der Waals surface area contributed by atoms with E-state index < -0.39 is 17.2 Å². The molecule has 5 nitrogen and oxygen atoms in total. The van der Waals surface area contributed by atoms with Crippen LogP contribution in [-0.2, 0) is 15.6 Å². The number of ether oxygens (including phenoxy) is 3. The molecule has 0 radical (unpaired) electrons. The second kappa shape index (κ2) is 10.9. The van der Waals surface area contributed by atoms with Crippen molar-refractivity contribution in [1.29, 1.82) is 0 Å². The number of methoxy groups -OCH3 is 3. The van der Waals surface area contributed by atoms with Gasteiger partial charge in [0.15, 0.2) is 0 Å². The first-order valence-corrected chi connectivity index (χ1v) is 16.1. The predicted octanol–water partition coefficient (Wildman–Crippen LogP) is 5.61. The summed E-state index contributed by atoms with van der Waals surface area (Å²) in [5, 5.41) is -0.268. The Morgan fingerprint density at radius 3 is 1.49 bits per heavy atom. The molecular formula is C30H28BrO5P. The van der Waals surface area contributed by atoms with Crippen LogP contribution in [0.3, 0.4) is 0 Å². The van der Waals surface area contributed by atoms with Gasteiger partial charge >= 0.3 is 226 Å². The topological polar surface area (TPSA) is 61.8 Å². The van der Waals surface area contributed by atoms with Gasteiger partial charge in [-0.05, 0) is 0 Å². The predicted molar refractivity (Wildman–Crippen MR) is 153 cm³/mol. The Kier molecular flexibility index (Phi) is 7.82. The number of carbonyl (C=O) groups excluding carboxylic acids is 2. The van der Waals surface area contributed by atoms with Crippen LogP contribution in [0.1, 0.15) is 26.3 Å². The first-order chi connectivity index (χ1) is 17.9. The fourth-order valence-electron chi connectivity index (χ4n) is 4.79. The van der Waals surface area contributed by atoms with Crippen LogP contribution in [0.15, 0.2) is 103 Å². The third-order valence-corrected chi connectivity index (χ3v) is 16.1. The van der Waals surface area contributed by atoms with Crippen molar-refractivity contribution in [2.75, 3.05) is 21.3 Å². The molecule has 0 aliphatic carbocycles. The van der Waals surface area contributed by atoms with Gasteiger partial charge in [0, 0.05) is 0 Å². The van der Waals surface area contributed by atoms with Crippen LogP contribution in [-0.4, -0.2) is 33.3 Å². The van der Waals surface area contributed by atoms with E-state index in [9.17, 15) is 9.59 Å². The summed E-state index contributed by atoms with van der Waals surface area (Å²) < 4.78 is 15.8. The van der Waals surface area contributed by atoms with Crippen molar-refractivity contribution in [3.05, 3.63) is 120 Å². The van der Waals surface area contributed by atoms with Gasteiger partial charge in [0.1, 0.15) is 0 Å². The third kappa shape index (κ3) is 4.68. The van der Waals surface area contributed by atoms with E-state index in [4.69, 9.17) is 14.2 Å². The number of hydrogen-bond donors (Lipinski definition) is 0. The minimum absolute atomic E-state index is 0.247. The summed E-state index contributed by atoms with van der Waals surface area (Å²) in [6.07, 6.45) is 0.370. The Morgan fingerprint density at radius 2 is 1.11 bits per heavy atom. The average Bonchev–Trinajstić information content (AvgIpc) is 2.97. The molecule has 0 amide bonds. The Hall–Kier alpha value is -3.47. The molecule has 0 unspecified atom stereocenters. The fraction of sp³-hybridized carbons (Fsp3) is 0.133. The molecule has 0 saturated heterocycles. The molecule has 0 bridgehead atoms. The summed E-state index contributed by atoms with van der Waals surface area (Å²) >= 11 is 4.41. The van der Waals surface area contributed by atoms with Gasteiger partial charge in [0.05, 0.1) is 0 Å². The number of esters is 2. The van der Waals surface area contributed by atoms with E-state index in [1.54, 1.807) is 6.07 Å². The van der Waals surface area contributed by atoms with Gasteiger partial charge in [0.25, 0.3) is 0 Å². The molecule has 0 aromatic heterocycles. The number of carbonyl (C=O) groups is 2. The van der Waals surface area contributed by atoms with E-state index >= 15 is 0 Å². The van der Waals surface area contributed by atoms with E-state index in [1.807, 2.05) is 54.6 Å². The molecule has 0 atom stereocenters. The molecule has 190 valence electrons. The summed E-state index contributed by atoms with van der Waals surface area (Å²) in [7, 11) is 4.12. The molecular weight excluding hydrogens is 551 g/mol. The van der Waals surface area contributed by atoms with Crippen molar-refractivity contribution in [2.24, 2.45) is 0 Å². The van der Waals surface area contributed by atoms with Gasteiger partial charge in [-0.15, -0.1) is 0 Å². The molecule has 0 heterocycles. The summed E-state index contributed by atoms with van der Waals surface area (Å²) in [5.41, 5.74) is 1.17. The summed E-state index contributed by atoms with van der Waals surface area (Å²) in [6, 6.07) is 33.8. The zero-order chi connectivity index (χ0) is 26.5. The Labute approximate surface area is 225 Å². The molecule has 4 rings (SSSR count). The van der Waals surface area contributed by atoms with Crippen LogP contribution in [0.2, 0.25) is 0 Å². The van der Waals surface area contributed by atoms with E-state index in [0.29, 0.717) is 11.7 Å². The second-order valence-corrected chi connectivity index (χ2v) is 17.5. The Bertz CT molecular complexity index is 1310. The average molecular weight is 579 g/mol. The number of halogens is 1. The molecule has 0 aliphatic heterocycles. The fourth-order valence-corrected chi connectivity index (χ4v) is 12.4. The number of rotatable bonds is 8. The molecule has 0 aliphatic rings. The van der Waals surface area contributed by atoms with Gasteiger partial charge in [-0.1, -0.05) is 0 Å². The number of benzene rings is 4. The van der Waals surface area contributed by atoms with Crippen molar-refractivity contribution in [3.8, 4) is 5.75 Å². The van der Waals surface area contributed by atoms with Gasteiger partial charge < -0.3 is 0 Å². The normalized spacial score (nSPS) is 12.2. The second-order valence-electron chi connectivity index (χ2n) is 8.54. The van der Waals surface area contributed by atoms with Crippen LogP contribution < -0.4 is 20.7 Å². The minimum atomic E-state index is -3.49. The maximum atomic E-state index is 13.1. The number of hydrogen-bond acceptors (Lipinski definition) is 5. The zero-order valence-corrected chi connectivity index (χ0v) is 23.4. The summed E-state index contributed by atoms with van der Waals surface area (Å²) in [5.74, 6) is -0.823. The van der Waals surface area contributed by atoms with Gasteiger partial charge in [-0.25, -0.2) is 0 Å². The standard InChI is InChI=1S/C30H28BrO5P/c1-34-27-20-22(29(32)35-2)19-23(28(27)30(33)36-3)21-37(31,24-13-7-4-8-14-24,25-15-9-5-10-16-25)26-17-11-6-12-18-26/h4-20H,21H2,1-3H3. The van der Waals surface area contributed by atoms with Crippen molar-refractivity contribution >= 4 is 48.6 Å². The molecule has 37 heavy (non-hydrogen) atoms. The van der Waals surface area contributed by atoms with E-state index in [1.165, 1.54) is 27.4 Å². The molecule has 0 saturated carbocycles. The molecule has 4 aromatic carbocycles.